The first kappa shape index (κ1) is 32.6. The lowest BCUT2D eigenvalue weighted by Gasteiger charge is -2.36. The van der Waals surface area contributed by atoms with E-state index in [1.165, 1.54) is 33.9 Å². The summed E-state index contributed by atoms with van der Waals surface area (Å²) < 4.78 is 7.27. The molecule has 2 aromatic carbocycles. The van der Waals surface area contributed by atoms with E-state index in [-0.39, 0.29) is 30.3 Å². The lowest BCUT2D eigenvalue weighted by atomic mass is 9.78. The molecule has 0 saturated heterocycles. The van der Waals surface area contributed by atoms with E-state index in [0.29, 0.717) is 17.8 Å². The van der Waals surface area contributed by atoms with E-state index in [4.69, 9.17) is 9.72 Å². The Morgan fingerprint density at radius 1 is 0.979 bits per heavy atom. The van der Waals surface area contributed by atoms with E-state index < -0.39 is 0 Å². The third-order valence-electron chi connectivity index (χ3n) is 10.7. The molecule has 0 radical (unpaired) electrons. The van der Waals surface area contributed by atoms with E-state index >= 15 is 0 Å². The monoisotopic (exact) mass is 665 g/mol. The van der Waals surface area contributed by atoms with Crippen LogP contribution in [0.25, 0.3) is 10.4 Å². The normalized spacial score (nSPS) is 22.6. The number of hydrogen-bond acceptors (Lipinski definition) is 6. The fraction of sp³-hybridized carbons (Fsp3) is 0.487. The van der Waals surface area contributed by atoms with Crippen LogP contribution >= 0.6 is 11.3 Å². The number of benzene rings is 2. The number of anilines is 1. The van der Waals surface area contributed by atoms with Gasteiger partial charge in [0.2, 0.25) is 11.8 Å². The second-order valence-electron chi connectivity index (χ2n) is 14.1. The van der Waals surface area contributed by atoms with Crippen molar-refractivity contribution < 1.29 is 14.3 Å². The van der Waals surface area contributed by atoms with Gasteiger partial charge in [0.05, 0.1) is 23.3 Å². The zero-order valence-corrected chi connectivity index (χ0v) is 29.0. The number of nitrogens with zero attached hydrogens (tertiary/aromatic N) is 4. The van der Waals surface area contributed by atoms with Crippen LogP contribution in [-0.2, 0) is 16.1 Å². The highest BCUT2D eigenvalue weighted by Crippen LogP contribution is 2.44. The highest BCUT2D eigenvalue weighted by Gasteiger charge is 2.33. The summed E-state index contributed by atoms with van der Waals surface area (Å²) in [6.07, 6.45) is 17.3. The summed E-state index contributed by atoms with van der Waals surface area (Å²) in [4.78, 5) is 39.1. The highest BCUT2D eigenvalue weighted by atomic mass is 32.1. The zero-order chi connectivity index (χ0) is 33.0. The predicted octanol–water partition coefficient (Wildman–Crippen LogP) is 7.88. The van der Waals surface area contributed by atoms with E-state index in [1.807, 2.05) is 6.20 Å². The van der Waals surface area contributed by atoms with Crippen LogP contribution in [-0.4, -0.2) is 46.0 Å². The smallest absolute Gasteiger partial charge is 0.240 e. The Balaban J connectivity index is 1.04. The number of methoxy groups -OCH3 is 1. The third-order valence-corrected chi connectivity index (χ3v) is 11.9. The topological polar surface area (TPSA) is 89.4 Å². The van der Waals surface area contributed by atoms with Gasteiger partial charge < -0.3 is 19.5 Å². The number of aryl methyl sites for hydroxylation is 1. The van der Waals surface area contributed by atoms with E-state index in [2.05, 4.69) is 64.6 Å². The van der Waals surface area contributed by atoms with Gasteiger partial charge in [-0.1, -0.05) is 24.3 Å². The standard InChI is InChI=1S/C39H47N5O3S/c1-26-20-31(14-17-35(26)47-2)28-8-6-27(7-9-28)23-44(34-5-3-4-32(21-34)36-22-41-38(48-36)29-10-11-29)39(46)30-12-15-33(16-13-30)42-37(45)24-43-19-18-40-25-43/h3-5,14,17-22,25,27-30,33H,6-13,15-16,23-24H2,1-2H3,(H,42,45). The first-order valence-corrected chi connectivity index (χ1v) is 18.5. The van der Waals surface area contributed by atoms with Crippen molar-refractivity contribution in [1.29, 1.82) is 0 Å². The van der Waals surface area contributed by atoms with E-state index in [9.17, 15) is 9.59 Å². The SMILES string of the molecule is COc1ccc(C2CCC(CN(C(=O)C3CCC(NC(=O)Cn4ccnc4)CC3)c3cccc(-c4cnc(C5CC5)s4)c3)CC2)cc1C. The second-order valence-corrected chi connectivity index (χ2v) is 15.2. The summed E-state index contributed by atoms with van der Waals surface area (Å²) in [6.45, 7) is 3.13. The molecule has 0 aliphatic heterocycles. The van der Waals surface area contributed by atoms with Crippen molar-refractivity contribution in [3.63, 3.8) is 0 Å². The number of rotatable bonds is 11. The van der Waals surface area contributed by atoms with Crippen molar-refractivity contribution in [3.8, 4) is 16.2 Å². The molecule has 48 heavy (non-hydrogen) atoms. The second kappa shape index (κ2) is 14.6. The quantitative estimate of drug-likeness (QED) is 0.176. The third kappa shape index (κ3) is 7.67. The summed E-state index contributed by atoms with van der Waals surface area (Å²) in [5.41, 5.74) is 4.71. The molecule has 3 aliphatic carbocycles. The molecule has 2 aromatic heterocycles. The molecular formula is C39H47N5O3S. The van der Waals surface area contributed by atoms with Gasteiger partial charge in [0.15, 0.2) is 0 Å². The summed E-state index contributed by atoms with van der Waals surface area (Å²) in [7, 11) is 1.73. The van der Waals surface area contributed by atoms with Gasteiger partial charge in [-0.05, 0) is 118 Å². The van der Waals surface area contributed by atoms with Crippen molar-refractivity contribution in [3.05, 3.63) is 83.5 Å². The Bertz CT molecular complexity index is 1700. The first-order chi connectivity index (χ1) is 23.4. The molecule has 3 fully saturated rings. The van der Waals surface area contributed by atoms with Crippen molar-refractivity contribution in [2.75, 3.05) is 18.6 Å². The first-order valence-electron chi connectivity index (χ1n) is 17.7. The number of thiazole rings is 1. The van der Waals surface area contributed by atoms with Crippen molar-refractivity contribution in [1.82, 2.24) is 19.9 Å². The molecule has 3 aliphatic rings. The summed E-state index contributed by atoms with van der Waals surface area (Å²) in [5, 5.41) is 4.42. The fourth-order valence-corrected chi connectivity index (χ4v) is 8.79. The molecule has 0 spiro atoms. The van der Waals surface area contributed by atoms with Crippen LogP contribution in [0.15, 0.2) is 67.4 Å². The van der Waals surface area contributed by atoms with Crippen LogP contribution in [0.1, 0.15) is 92.2 Å². The number of aromatic nitrogens is 3. The van der Waals surface area contributed by atoms with Crippen molar-refractivity contribution in [2.45, 2.75) is 95.6 Å². The van der Waals surface area contributed by atoms with Gasteiger partial charge in [-0.25, -0.2) is 9.97 Å². The molecule has 0 unspecified atom stereocenters. The predicted molar refractivity (Wildman–Crippen MR) is 190 cm³/mol. The van der Waals surface area contributed by atoms with Crippen LogP contribution < -0.4 is 15.0 Å². The molecule has 2 amide bonds. The number of amides is 2. The van der Waals surface area contributed by atoms with Crippen LogP contribution in [0, 0.1) is 18.8 Å². The molecule has 4 aromatic rings. The average Bonchev–Trinajstić information content (AvgIpc) is 3.60. The maximum Gasteiger partial charge on any atom is 0.240 e. The number of carbonyl (C=O) groups excluding carboxylic acids is 2. The van der Waals surface area contributed by atoms with Gasteiger partial charge >= 0.3 is 0 Å². The van der Waals surface area contributed by atoms with Crippen molar-refractivity contribution in [2.24, 2.45) is 11.8 Å². The van der Waals surface area contributed by atoms with Gasteiger partial charge in [0.25, 0.3) is 0 Å². The molecule has 9 heteroatoms. The van der Waals surface area contributed by atoms with Crippen LogP contribution in [0.5, 0.6) is 5.75 Å². The summed E-state index contributed by atoms with van der Waals surface area (Å²) in [6, 6.07) is 15.3. The van der Waals surface area contributed by atoms with Crippen molar-refractivity contribution >= 4 is 28.8 Å². The van der Waals surface area contributed by atoms with Gasteiger partial charge in [-0.2, -0.15) is 0 Å². The maximum absolute atomic E-state index is 14.5. The van der Waals surface area contributed by atoms with Gasteiger partial charge in [0.1, 0.15) is 12.3 Å². The summed E-state index contributed by atoms with van der Waals surface area (Å²) >= 11 is 1.79. The van der Waals surface area contributed by atoms with Gasteiger partial charge in [0, 0.05) is 48.7 Å². The van der Waals surface area contributed by atoms with Gasteiger partial charge in [-0.15, -0.1) is 11.3 Å². The number of imidazole rings is 1. The molecule has 3 saturated carbocycles. The summed E-state index contributed by atoms with van der Waals surface area (Å²) in [5.74, 6) is 2.76. The molecular weight excluding hydrogens is 619 g/mol. The van der Waals surface area contributed by atoms with E-state index in [1.54, 1.807) is 41.7 Å². The number of hydrogen-bond donors (Lipinski definition) is 1. The Morgan fingerprint density at radius 3 is 2.48 bits per heavy atom. The van der Waals surface area contributed by atoms with Crippen LogP contribution in [0.3, 0.4) is 0 Å². The molecule has 0 atom stereocenters. The Morgan fingerprint density at radius 2 is 1.77 bits per heavy atom. The number of nitrogens with one attached hydrogen (secondary N) is 1. The molecule has 2 heterocycles. The number of ether oxygens (including phenoxy) is 1. The lowest BCUT2D eigenvalue weighted by Crippen LogP contribution is -2.44. The molecule has 7 rings (SSSR count). The average molecular weight is 666 g/mol. The maximum atomic E-state index is 14.5. The zero-order valence-electron chi connectivity index (χ0n) is 28.1. The van der Waals surface area contributed by atoms with E-state index in [0.717, 1.165) is 74.9 Å². The fourth-order valence-electron chi connectivity index (χ4n) is 7.71. The minimum atomic E-state index is -0.0426. The molecule has 8 nitrogen and oxygen atoms in total. The highest BCUT2D eigenvalue weighted by molar-refractivity contribution is 7.15. The molecule has 252 valence electrons. The molecule has 1 N–H and O–H groups in total. The minimum Gasteiger partial charge on any atom is -0.496 e. The van der Waals surface area contributed by atoms with Crippen LogP contribution in [0.4, 0.5) is 5.69 Å². The Labute approximate surface area is 287 Å². The van der Waals surface area contributed by atoms with Crippen LogP contribution in [0.2, 0.25) is 0 Å². The lowest BCUT2D eigenvalue weighted by molar-refractivity contribution is -0.124. The Hall–Kier alpha value is -3.98. The largest absolute Gasteiger partial charge is 0.496 e. The minimum absolute atomic E-state index is 0.00506. The Kier molecular flexibility index (Phi) is 9.93. The number of carbonyl (C=O) groups is 2. The van der Waals surface area contributed by atoms with Gasteiger partial charge in [-0.3, -0.25) is 9.59 Å². The molecule has 0 bridgehead atoms.